The Bertz CT molecular complexity index is 572. The Morgan fingerprint density at radius 2 is 1.83 bits per heavy atom. The van der Waals surface area contributed by atoms with Crippen molar-refractivity contribution in [2.75, 3.05) is 39.9 Å². The van der Waals surface area contributed by atoms with Gasteiger partial charge in [0.25, 0.3) is 0 Å². The van der Waals surface area contributed by atoms with Crippen molar-refractivity contribution in [3.8, 4) is 0 Å². The highest BCUT2D eigenvalue weighted by atomic mass is 16.5. The third-order valence-electron chi connectivity index (χ3n) is 5.06. The lowest BCUT2D eigenvalue weighted by Crippen LogP contribution is -2.42. The van der Waals surface area contributed by atoms with Crippen molar-refractivity contribution in [1.82, 2.24) is 14.8 Å². The Kier molecular flexibility index (Phi) is 5.45. The van der Waals surface area contributed by atoms with Gasteiger partial charge in [0.15, 0.2) is 0 Å². The van der Waals surface area contributed by atoms with Gasteiger partial charge in [0.1, 0.15) is 6.61 Å². The lowest BCUT2D eigenvalue weighted by molar-refractivity contribution is -0.137. The molecule has 0 saturated carbocycles. The molecule has 0 aromatic carbocycles. The first-order chi connectivity index (χ1) is 11.7. The molecular weight excluding hydrogens is 306 g/mol. The van der Waals surface area contributed by atoms with Gasteiger partial charge in [-0.05, 0) is 37.0 Å². The SMILES string of the molecule is COCC(=O)N1CC(C(=O)N2CCCCC2)[C@H](c2ccncc2)C1. The van der Waals surface area contributed by atoms with E-state index in [0.717, 1.165) is 31.5 Å². The van der Waals surface area contributed by atoms with Crippen molar-refractivity contribution in [3.63, 3.8) is 0 Å². The molecule has 0 radical (unpaired) electrons. The van der Waals surface area contributed by atoms with E-state index in [0.29, 0.717) is 13.1 Å². The van der Waals surface area contributed by atoms with E-state index >= 15 is 0 Å². The summed E-state index contributed by atoms with van der Waals surface area (Å²) in [5, 5.41) is 0. The van der Waals surface area contributed by atoms with E-state index in [1.54, 1.807) is 17.3 Å². The molecule has 1 aromatic rings. The highest BCUT2D eigenvalue weighted by molar-refractivity contribution is 5.84. The molecular formula is C18H25N3O3. The summed E-state index contributed by atoms with van der Waals surface area (Å²) in [5.41, 5.74) is 1.08. The Morgan fingerprint density at radius 1 is 1.12 bits per heavy atom. The second-order valence-corrected chi connectivity index (χ2v) is 6.61. The minimum atomic E-state index is -0.175. The van der Waals surface area contributed by atoms with Gasteiger partial charge in [-0.15, -0.1) is 0 Å². The first-order valence-electron chi connectivity index (χ1n) is 8.66. The summed E-state index contributed by atoms with van der Waals surface area (Å²) in [7, 11) is 1.52. The zero-order valence-corrected chi connectivity index (χ0v) is 14.2. The maximum atomic E-state index is 13.1. The summed E-state index contributed by atoms with van der Waals surface area (Å²) in [6.07, 6.45) is 6.84. The molecule has 0 spiro atoms. The van der Waals surface area contributed by atoms with Crippen molar-refractivity contribution in [2.24, 2.45) is 5.92 Å². The standard InChI is InChI=1S/C18H25N3O3/c1-24-13-17(22)21-11-15(14-5-7-19-8-6-14)16(12-21)18(23)20-9-3-2-4-10-20/h5-8,15-16H,2-4,9-13H2,1H3/t15-,16?/m0/s1. The summed E-state index contributed by atoms with van der Waals surface area (Å²) in [6.45, 7) is 2.78. The van der Waals surface area contributed by atoms with Crippen molar-refractivity contribution in [3.05, 3.63) is 30.1 Å². The average molecular weight is 331 g/mol. The number of nitrogens with zero attached hydrogens (tertiary/aromatic N) is 3. The van der Waals surface area contributed by atoms with E-state index in [4.69, 9.17) is 4.74 Å². The van der Waals surface area contributed by atoms with Crippen molar-refractivity contribution < 1.29 is 14.3 Å². The van der Waals surface area contributed by atoms with E-state index in [2.05, 4.69) is 4.98 Å². The number of methoxy groups -OCH3 is 1. The number of aromatic nitrogens is 1. The number of hydrogen-bond acceptors (Lipinski definition) is 4. The van der Waals surface area contributed by atoms with Crippen LogP contribution in [0.3, 0.4) is 0 Å². The predicted molar refractivity (Wildman–Crippen MR) is 89.4 cm³/mol. The van der Waals surface area contributed by atoms with Crippen LogP contribution in [0.25, 0.3) is 0 Å². The molecule has 2 saturated heterocycles. The van der Waals surface area contributed by atoms with Crippen LogP contribution in [0.2, 0.25) is 0 Å². The van der Waals surface area contributed by atoms with Gasteiger partial charge < -0.3 is 14.5 Å². The lowest BCUT2D eigenvalue weighted by Gasteiger charge is -2.30. The fourth-order valence-electron chi connectivity index (χ4n) is 3.77. The molecule has 130 valence electrons. The molecule has 2 amide bonds. The number of ether oxygens (including phenoxy) is 1. The third-order valence-corrected chi connectivity index (χ3v) is 5.06. The molecule has 2 aliphatic heterocycles. The van der Waals surface area contributed by atoms with Crippen molar-refractivity contribution >= 4 is 11.8 Å². The highest BCUT2D eigenvalue weighted by Crippen LogP contribution is 2.34. The van der Waals surface area contributed by atoms with Gasteiger partial charge in [0.05, 0.1) is 5.92 Å². The van der Waals surface area contributed by atoms with Gasteiger partial charge in [-0.3, -0.25) is 14.6 Å². The minimum absolute atomic E-state index is 0.0308. The monoisotopic (exact) mass is 331 g/mol. The molecule has 2 atom stereocenters. The van der Waals surface area contributed by atoms with Gasteiger partial charge in [-0.2, -0.15) is 0 Å². The van der Waals surface area contributed by atoms with E-state index < -0.39 is 0 Å². The predicted octanol–water partition coefficient (Wildman–Crippen LogP) is 1.28. The van der Waals surface area contributed by atoms with Crippen LogP contribution >= 0.6 is 0 Å². The van der Waals surface area contributed by atoms with E-state index in [1.165, 1.54) is 13.5 Å². The molecule has 2 fully saturated rings. The Morgan fingerprint density at radius 3 is 2.50 bits per heavy atom. The van der Waals surface area contributed by atoms with Crippen LogP contribution in [-0.4, -0.2) is 66.5 Å². The summed E-state index contributed by atoms with van der Waals surface area (Å²) in [6, 6.07) is 3.90. The zero-order valence-electron chi connectivity index (χ0n) is 14.2. The summed E-state index contributed by atoms with van der Waals surface area (Å²) in [5.74, 6) is -0.00994. The number of carbonyl (C=O) groups is 2. The largest absolute Gasteiger partial charge is 0.375 e. The molecule has 1 unspecified atom stereocenters. The van der Waals surface area contributed by atoms with Gasteiger partial charge in [0, 0.05) is 51.6 Å². The third kappa shape index (κ3) is 3.59. The molecule has 6 heteroatoms. The number of amides is 2. The number of rotatable bonds is 4. The molecule has 6 nitrogen and oxygen atoms in total. The zero-order chi connectivity index (χ0) is 16.9. The Hall–Kier alpha value is -1.95. The average Bonchev–Trinajstić information content (AvgIpc) is 3.08. The van der Waals surface area contributed by atoms with Crippen molar-refractivity contribution in [2.45, 2.75) is 25.2 Å². The van der Waals surface area contributed by atoms with E-state index in [-0.39, 0.29) is 30.3 Å². The van der Waals surface area contributed by atoms with Gasteiger partial charge >= 0.3 is 0 Å². The molecule has 3 rings (SSSR count). The molecule has 24 heavy (non-hydrogen) atoms. The topological polar surface area (TPSA) is 62.7 Å². The molecule has 0 bridgehead atoms. The highest BCUT2D eigenvalue weighted by Gasteiger charge is 2.42. The maximum Gasteiger partial charge on any atom is 0.248 e. The fourth-order valence-corrected chi connectivity index (χ4v) is 3.77. The van der Waals surface area contributed by atoms with E-state index in [9.17, 15) is 9.59 Å². The van der Waals surface area contributed by atoms with Crippen LogP contribution in [0.15, 0.2) is 24.5 Å². The first kappa shape index (κ1) is 16.9. The Balaban J connectivity index is 1.79. The van der Waals surface area contributed by atoms with Crippen LogP contribution < -0.4 is 0 Å². The molecule has 3 heterocycles. The van der Waals surface area contributed by atoms with E-state index in [1.807, 2.05) is 17.0 Å². The van der Waals surface area contributed by atoms with Crippen LogP contribution in [0.1, 0.15) is 30.7 Å². The number of pyridine rings is 1. The van der Waals surface area contributed by atoms with Gasteiger partial charge in [-0.25, -0.2) is 0 Å². The summed E-state index contributed by atoms with van der Waals surface area (Å²) in [4.78, 5) is 33.1. The summed E-state index contributed by atoms with van der Waals surface area (Å²) < 4.78 is 4.97. The van der Waals surface area contributed by atoms with Crippen LogP contribution in [0.5, 0.6) is 0 Å². The number of likely N-dealkylation sites (tertiary alicyclic amines) is 2. The van der Waals surface area contributed by atoms with Crippen LogP contribution in [0, 0.1) is 5.92 Å². The number of carbonyl (C=O) groups excluding carboxylic acids is 2. The minimum Gasteiger partial charge on any atom is -0.375 e. The second-order valence-electron chi connectivity index (χ2n) is 6.61. The van der Waals surface area contributed by atoms with Gasteiger partial charge in [0.2, 0.25) is 11.8 Å². The molecule has 0 aliphatic carbocycles. The first-order valence-corrected chi connectivity index (χ1v) is 8.66. The normalized spacial score (nSPS) is 24.2. The van der Waals surface area contributed by atoms with Crippen molar-refractivity contribution in [1.29, 1.82) is 0 Å². The lowest BCUT2D eigenvalue weighted by atomic mass is 9.88. The molecule has 1 aromatic heterocycles. The van der Waals surface area contributed by atoms with Gasteiger partial charge in [-0.1, -0.05) is 0 Å². The quantitative estimate of drug-likeness (QED) is 0.834. The second kappa shape index (κ2) is 7.75. The maximum absolute atomic E-state index is 13.1. The number of hydrogen-bond donors (Lipinski definition) is 0. The Labute approximate surface area is 142 Å². The van der Waals surface area contributed by atoms with Crippen LogP contribution in [-0.2, 0) is 14.3 Å². The smallest absolute Gasteiger partial charge is 0.248 e. The molecule has 2 aliphatic rings. The van der Waals surface area contributed by atoms with Crippen LogP contribution in [0.4, 0.5) is 0 Å². The molecule has 0 N–H and O–H groups in total. The summed E-state index contributed by atoms with van der Waals surface area (Å²) >= 11 is 0. The number of piperidine rings is 1. The fraction of sp³-hybridized carbons (Fsp3) is 0.611.